The van der Waals surface area contributed by atoms with E-state index in [9.17, 15) is 0 Å². The van der Waals surface area contributed by atoms with Gasteiger partial charge in [-0.05, 0) is 71.6 Å². The summed E-state index contributed by atoms with van der Waals surface area (Å²) in [6, 6.07) is 7.64. The van der Waals surface area contributed by atoms with E-state index in [4.69, 9.17) is 17.3 Å². The van der Waals surface area contributed by atoms with Crippen LogP contribution in [-0.2, 0) is 0 Å². The van der Waals surface area contributed by atoms with E-state index in [1.807, 2.05) is 24.3 Å². The second-order valence-corrected chi connectivity index (χ2v) is 7.94. The van der Waals surface area contributed by atoms with E-state index in [0.717, 1.165) is 23.2 Å². The van der Waals surface area contributed by atoms with Gasteiger partial charge < -0.3 is 5.73 Å². The second-order valence-electron chi connectivity index (χ2n) is 3.42. The molecule has 2 aromatic rings. The first-order chi connectivity index (χ1) is 7.99. The molecule has 6 heteroatoms. The molecule has 2 N–H and O–H groups in total. The number of benzene rings is 1. The molecule has 1 unspecified atom stereocenters. The number of rotatable bonds is 2. The quantitative estimate of drug-likeness (QED) is 0.608. The summed E-state index contributed by atoms with van der Waals surface area (Å²) < 4.78 is 2.95. The Morgan fingerprint density at radius 2 is 1.82 bits per heavy atom. The van der Waals surface area contributed by atoms with Gasteiger partial charge in [-0.3, -0.25) is 0 Å². The molecule has 1 nitrogen and oxygen atoms in total. The fraction of sp³-hybridized carbons (Fsp3) is 0.0909. The third-order valence-corrected chi connectivity index (χ3v) is 6.85. The number of halogens is 4. The molecule has 0 saturated carbocycles. The van der Waals surface area contributed by atoms with Crippen LogP contribution in [0.2, 0.25) is 5.02 Å². The van der Waals surface area contributed by atoms with Gasteiger partial charge in [0.1, 0.15) is 0 Å². The van der Waals surface area contributed by atoms with E-state index in [1.54, 1.807) is 11.3 Å². The van der Waals surface area contributed by atoms with Crippen molar-refractivity contribution in [3.63, 3.8) is 0 Å². The largest absolute Gasteiger partial charge is 0.320 e. The molecule has 1 heterocycles. The minimum atomic E-state index is -0.159. The Hall–Kier alpha value is 0.610. The summed E-state index contributed by atoms with van der Waals surface area (Å²) in [4.78, 5) is 1.09. The average molecular weight is 460 g/mol. The molecule has 0 spiro atoms. The van der Waals surface area contributed by atoms with Gasteiger partial charge in [-0.25, -0.2) is 0 Å². The Bertz CT molecular complexity index is 536. The number of hydrogen-bond donors (Lipinski definition) is 1. The van der Waals surface area contributed by atoms with Gasteiger partial charge in [-0.15, -0.1) is 11.3 Å². The molecule has 0 aliphatic carbocycles. The molecule has 0 saturated heterocycles. The minimum absolute atomic E-state index is 0.159. The van der Waals surface area contributed by atoms with Gasteiger partial charge in [0.05, 0.1) is 14.9 Å². The molecule has 1 aromatic carbocycles. The molecule has 0 aliphatic heterocycles. The molecular formula is C11H7Br3ClNS. The molecular weight excluding hydrogens is 453 g/mol. The van der Waals surface area contributed by atoms with Gasteiger partial charge in [0.2, 0.25) is 0 Å². The molecule has 2 rings (SSSR count). The van der Waals surface area contributed by atoms with Crippen molar-refractivity contribution in [1.82, 2.24) is 0 Å². The number of thiophene rings is 1. The van der Waals surface area contributed by atoms with Crippen molar-refractivity contribution in [2.24, 2.45) is 5.73 Å². The molecule has 90 valence electrons. The van der Waals surface area contributed by atoms with Gasteiger partial charge in [0.25, 0.3) is 0 Å². The predicted molar refractivity (Wildman–Crippen MR) is 84.9 cm³/mol. The Kier molecular flexibility index (Phi) is 4.72. The Labute approximate surface area is 134 Å². The minimum Gasteiger partial charge on any atom is -0.320 e. The maximum Gasteiger partial charge on any atom is 0.0843 e. The zero-order chi connectivity index (χ0) is 12.6. The Morgan fingerprint density at radius 3 is 2.35 bits per heavy atom. The standard InChI is InChI=1S/C11H7Br3ClNS/c12-6-2-1-5(3-8(6)15)10(16)9-4-7(13)11(14)17-9/h1-4,10H,16H2. The van der Waals surface area contributed by atoms with Crippen LogP contribution in [0.1, 0.15) is 16.5 Å². The van der Waals surface area contributed by atoms with Crippen molar-refractivity contribution in [2.75, 3.05) is 0 Å². The summed E-state index contributed by atoms with van der Waals surface area (Å²) in [7, 11) is 0. The second kappa shape index (κ2) is 5.72. The number of hydrogen-bond acceptors (Lipinski definition) is 2. The van der Waals surface area contributed by atoms with Crippen molar-refractivity contribution >= 4 is 70.7 Å². The van der Waals surface area contributed by atoms with Gasteiger partial charge >= 0.3 is 0 Å². The first-order valence-electron chi connectivity index (χ1n) is 4.64. The van der Waals surface area contributed by atoms with Gasteiger partial charge in [0.15, 0.2) is 0 Å². The SMILES string of the molecule is NC(c1ccc(Br)c(Cl)c1)c1cc(Br)c(Br)s1. The topological polar surface area (TPSA) is 26.0 Å². The highest BCUT2D eigenvalue weighted by Gasteiger charge is 2.14. The summed E-state index contributed by atoms with van der Waals surface area (Å²) in [5.41, 5.74) is 7.21. The zero-order valence-electron chi connectivity index (χ0n) is 8.38. The summed E-state index contributed by atoms with van der Waals surface area (Å²) in [5.74, 6) is 0. The fourth-order valence-corrected chi connectivity index (χ4v) is 3.94. The van der Waals surface area contributed by atoms with E-state index in [0.29, 0.717) is 5.02 Å². The third-order valence-electron chi connectivity index (χ3n) is 2.27. The van der Waals surface area contributed by atoms with E-state index < -0.39 is 0 Å². The van der Waals surface area contributed by atoms with Crippen LogP contribution >= 0.6 is 70.7 Å². The van der Waals surface area contributed by atoms with Crippen LogP contribution in [0.15, 0.2) is 37.0 Å². The predicted octanol–water partition coefficient (Wildman–Crippen LogP) is 5.74. The van der Waals surface area contributed by atoms with Crippen molar-refractivity contribution < 1.29 is 0 Å². The maximum absolute atomic E-state index is 6.21. The lowest BCUT2D eigenvalue weighted by atomic mass is 10.1. The smallest absolute Gasteiger partial charge is 0.0843 e. The number of nitrogens with two attached hydrogens (primary N) is 1. The summed E-state index contributed by atoms with van der Waals surface area (Å²) in [6.45, 7) is 0. The molecule has 0 radical (unpaired) electrons. The molecule has 1 aromatic heterocycles. The van der Waals surface area contributed by atoms with Crippen LogP contribution < -0.4 is 5.73 Å². The van der Waals surface area contributed by atoms with Gasteiger partial charge in [-0.1, -0.05) is 17.7 Å². The lowest BCUT2D eigenvalue weighted by Crippen LogP contribution is -2.09. The van der Waals surface area contributed by atoms with Crippen LogP contribution in [0, 0.1) is 0 Å². The highest BCUT2D eigenvalue weighted by molar-refractivity contribution is 9.13. The summed E-state index contributed by atoms with van der Waals surface area (Å²) in [5, 5.41) is 0.674. The van der Waals surface area contributed by atoms with E-state index >= 15 is 0 Å². The monoisotopic (exact) mass is 457 g/mol. The summed E-state index contributed by atoms with van der Waals surface area (Å²) in [6.07, 6.45) is 0. The first-order valence-corrected chi connectivity index (χ1v) is 8.21. The van der Waals surface area contributed by atoms with Crippen molar-refractivity contribution in [1.29, 1.82) is 0 Å². The lowest BCUT2D eigenvalue weighted by molar-refractivity contribution is 0.893. The molecule has 1 atom stereocenters. The average Bonchev–Trinajstić information content (AvgIpc) is 2.62. The van der Waals surface area contributed by atoms with Crippen LogP contribution in [-0.4, -0.2) is 0 Å². The van der Waals surface area contributed by atoms with Gasteiger partial charge in [-0.2, -0.15) is 0 Å². The van der Waals surface area contributed by atoms with Crippen LogP contribution in [0.5, 0.6) is 0 Å². The molecule has 0 bridgehead atoms. The van der Waals surface area contributed by atoms with Crippen molar-refractivity contribution in [3.05, 3.63) is 52.5 Å². The molecule has 17 heavy (non-hydrogen) atoms. The highest BCUT2D eigenvalue weighted by atomic mass is 79.9. The zero-order valence-corrected chi connectivity index (χ0v) is 14.7. The fourth-order valence-electron chi connectivity index (χ4n) is 1.39. The summed E-state index contributed by atoms with van der Waals surface area (Å²) >= 11 is 18.0. The maximum atomic E-state index is 6.21. The van der Waals surface area contributed by atoms with Crippen molar-refractivity contribution in [3.8, 4) is 0 Å². The van der Waals surface area contributed by atoms with Crippen LogP contribution in [0.25, 0.3) is 0 Å². The lowest BCUT2D eigenvalue weighted by Gasteiger charge is -2.10. The van der Waals surface area contributed by atoms with E-state index in [1.165, 1.54) is 0 Å². The molecule has 0 fully saturated rings. The molecule has 0 aliphatic rings. The normalized spacial score (nSPS) is 12.8. The highest BCUT2D eigenvalue weighted by Crippen LogP contribution is 2.37. The van der Waals surface area contributed by atoms with Gasteiger partial charge in [0, 0.05) is 13.8 Å². The Morgan fingerprint density at radius 1 is 1.12 bits per heavy atom. The third kappa shape index (κ3) is 3.14. The van der Waals surface area contributed by atoms with E-state index in [2.05, 4.69) is 47.8 Å². The Balaban J connectivity index is 2.36. The van der Waals surface area contributed by atoms with E-state index in [-0.39, 0.29) is 6.04 Å². The first kappa shape index (κ1) is 14.0. The van der Waals surface area contributed by atoms with Crippen LogP contribution in [0.3, 0.4) is 0 Å². The van der Waals surface area contributed by atoms with Crippen molar-refractivity contribution in [2.45, 2.75) is 6.04 Å². The molecule has 0 amide bonds. The van der Waals surface area contributed by atoms with Crippen LogP contribution in [0.4, 0.5) is 0 Å².